The number of nitrogens with one attached hydrogen (secondary N) is 1. The van der Waals surface area contributed by atoms with E-state index in [1.807, 2.05) is 11.0 Å². The molecule has 0 unspecified atom stereocenters. The van der Waals surface area contributed by atoms with Crippen LogP contribution in [0, 0.1) is 17.7 Å². The van der Waals surface area contributed by atoms with Crippen molar-refractivity contribution in [2.45, 2.75) is 25.7 Å². The van der Waals surface area contributed by atoms with E-state index >= 15 is 0 Å². The van der Waals surface area contributed by atoms with Crippen LogP contribution in [0.1, 0.15) is 31.4 Å². The van der Waals surface area contributed by atoms with Crippen molar-refractivity contribution in [1.82, 2.24) is 14.9 Å². The van der Waals surface area contributed by atoms with Gasteiger partial charge in [-0.05, 0) is 66.5 Å². The lowest BCUT2D eigenvalue weighted by molar-refractivity contribution is -0.128. The molecule has 29 heavy (non-hydrogen) atoms. The molecule has 5 rings (SSSR count). The number of hydrogen-bond acceptors (Lipinski definition) is 3. The van der Waals surface area contributed by atoms with Crippen LogP contribution < -0.4 is 4.74 Å². The summed E-state index contributed by atoms with van der Waals surface area (Å²) in [5.41, 5.74) is 3.63. The van der Waals surface area contributed by atoms with Gasteiger partial charge in [0.1, 0.15) is 17.2 Å². The summed E-state index contributed by atoms with van der Waals surface area (Å²) in [5.74, 6) is 2.12. The number of aromatic amines is 1. The number of hydrogen-bond donors (Lipinski definition) is 1. The molecule has 1 N–H and O–H groups in total. The second-order valence-electron chi connectivity index (χ2n) is 8.30. The van der Waals surface area contributed by atoms with Gasteiger partial charge < -0.3 is 14.6 Å². The van der Waals surface area contributed by atoms with Crippen molar-refractivity contribution in [3.63, 3.8) is 0 Å². The highest BCUT2D eigenvalue weighted by Gasteiger charge is 2.42. The van der Waals surface area contributed by atoms with Gasteiger partial charge in [0.2, 0.25) is 5.91 Å². The third-order valence-electron chi connectivity index (χ3n) is 6.64. The number of pyridine rings is 1. The zero-order valence-electron chi connectivity index (χ0n) is 16.6. The molecule has 0 radical (unpaired) electrons. The molecule has 2 aliphatic rings. The van der Waals surface area contributed by atoms with E-state index in [0.29, 0.717) is 23.5 Å². The average Bonchev–Trinajstić information content (AvgIpc) is 3.39. The zero-order valence-corrected chi connectivity index (χ0v) is 16.6. The minimum absolute atomic E-state index is 0.180. The van der Waals surface area contributed by atoms with Crippen molar-refractivity contribution in [3.8, 4) is 16.9 Å². The van der Waals surface area contributed by atoms with E-state index in [-0.39, 0.29) is 11.7 Å². The van der Waals surface area contributed by atoms with Gasteiger partial charge in [-0.2, -0.15) is 0 Å². The van der Waals surface area contributed by atoms with Gasteiger partial charge in [0.15, 0.2) is 0 Å². The molecule has 1 saturated heterocycles. The minimum Gasteiger partial charge on any atom is -0.496 e. The molecule has 3 atom stereocenters. The first-order valence-corrected chi connectivity index (χ1v) is 10.1. The highest BCUT2D eigenvalue weighted by atomic mass is 19.1. The number of carbonyl (C=O) groups is 1. The van der Waals surface area contributed by atoms with Gasteiger partial charge in [-0.3, -0.25) is 4.79 Å². The van der Waals surface area contributed by atoms with Crippen LogP contribution in [0.2, 0.25) is 0 Å². The predicted octanol–water partition coefficient (Wildman–Crippen LogP) is 4.35. The molecule has 150 valence electrons. The quantitative estimate of drug-likeness (QED) is 0.720. The summed E-state index contributed by atoms with van der Waals surface area (Å²) in [4.78, 5) is 21.6. The molecule has 1 amide bonds. The Kier molecular flexibility index (Phi) is 4.30. The maximum atomic E-state index is 13.9. The normalized spacial score (nSPS) is 23.6. The van der Waals surface area contributed by atoms with Crippen LogP contribution in [0.5, 0.6) is 5.75 Å². The SMILES string of the molecule is COc1ccc(F)cc1-c1ccnc2[nH]c([C@@H]3C[C@@H]4CN(C(C)=O)C[C@@H]4C3)cc12. The van der Waals surface area contributed by atoms with Crippen LogP contribution in [0.15, 0.2) is 36.5 Å². The molecule has 0 bridgehead atoms. The summed E-state index contributed by atoms with van der Waals surface area (Å²) in [6.07, 6.45) is 3.91. The van der Waals surface area contributed by atoms with Crippen molar-refractivity contribution in [1.29, 1.82) is 0 Å². The van der Waals surface area contributed by atoms with Crippen LogP contribution in [-0.4, -0.2) is 41.0 Å². The molecule has 3 aromatic rings. The highest BCUT2D eigenvalue weighted by Crippen LogP contribution is 2.47. The van der Waals surface area contributed by atoms with Crippen molar-refractivity contribution in [2.24, 2.45) is 11.8 Å². The van der Waals surface area contributed by atoms with E-state index < -0.39 is 0 Å². The number of aromatic nitrogens is 2. The van der Waals surface area contributed by atoms with Gasteiger partial charge in [0.25, 0.3) is 0 Å². The number of rotatable bonds is 3. The highest BCUT2D eigenvalue weighted by molar-refractivity contribution is 5.95. The Morgan fingerprint density at radius 2 is 1.93 bits per heavy atom. The van der Waals surface area contributed by atoms with Crippen LogP contribution in [-0.2, 0) is 4.79 Å². The number of methoxy groups -OCH3 is 1. The fourth-order valence-corrected chi connectivity index (χ4v) is 5.20. The lowest BCUT2D eigenvalue weighted by atomic mass is 9.99. The Bertz CT molecular complexity index is 1080. The number of ether oxygens (including phenoxy) is 1. The van der Waals surface area contributed by atoms with Crippen LogP contribution in [0.3, 0.4) is 0 Å². The number of H-pyrrole nitrogens is 1. The maximum Gasteiger partial charge on any atom is 0.219 e. The summed E-state index contributed by atoms with van der Waals surface area (Å²) in [6.45, 7) is 3.41. The van der Waals surface area contributed by atoms with E-state index in [1.54, 1.807) is 26.3 Å². The maximum absolute atomic E-state index is 13.9. The van der Waals surface area contributed by atoms with Gasteiger partial charge in [0, 0.05) is 42.9 Å². The van der Waals surface area contributed by atoms with Gasteiger partial charge >= 0.3 is 0 Å². The molecule has 5 nitrogen and oxygen atoms in total. The standard InChI is InChI=1S/C23H24FN3O2/c1-13(28)27-11-15-7-14(8-16(15)12-27)21-10-20-18(5-6-25-23(20)26-21)19-9-17(24)3-4-22(19)29-2/h3-6,9-10,14-16H,7-8,11-12H2,1-2H3,(H,25,26)/t14-,15-,16+. The number of halogens is 1. The summed E-state index contributed by atoms with van der Waals surface area (Å²) < 4.78 is 19.4. The first kappa shape index (κ1) is 18.2. The summed E-state index contributed by atoms with van der Waals surface area (Å²) in [5, 5.41) is 0.980. The second kappa shape index (κ2) is 6.87. The predicted molar refractivity (Wildman–Crippen MR) is 109 cm³/mol. The Hall–Kier alpha value is -2.89. The van der Waals surface area contributed by atoms with Crippen molar-refractivity contribution >= 4 is 16.9 Å². The Morgan fingerprint density at radius 1 is 1.17 bits per heavy atom. The lowest BCUT2D eigenvalue weighted by Crippen LogP contribution is -2.27. The van der Waals surface area contributed by atoms with Gasteiger partial charge in [-0.15, -0.1) is 0 Å². The van der Waals surface area contributed by atoms with Gasteiger partial charge in [-0.25, -0.2) is 9.37 Å². The topological polar surface area (TPSA) is 58.2 Å². The molecular weight excluding hydrogens is 369 g/mol. The monoisotopic (exact) mass is 393 g/mol. The van der Waals surface area contributed by atoms with E-state index in [0.717, 1.165) is 48.1 Å². The van der Waals surface area contributed by atoms with Gasteiger partial charge in [-0.1, -0.05) is 0 Å². The molecule has 3 heterocycles. The Balaban J connectivity index is 1.48. The number of benzene rings is 1. The molecular formula is C23H24FN3O2. The molecule has 0 spiro atoms. The van der Waals surface area contributed by atoms with Crippen LogP contribution in [0.4, 0.5) is 4.39 Å². The molecule has 1 aromatic carbocycles. The van der Waals surface area contributed by atoms with Gasteiger partial charge in [0.05, 0.1) is 7.11 Å². The number of carbonyl (C=O) groups excluding carboxylic acids is 1. The third kappa shape index (κ3) is 3.07. The van der Waals surface area contributed by atoms with Crippen molar-refractivity contribution < 1.29 is 13.9 Å². The molecule has 6 heteroatoms. The molecule has 1 aliphatic carbocycles. The number of amides is 1. The fraction of sp³-hybridized carbons (Fsp3) is 0.391. The molecule has 2 fully saturated rings. The Labute approximate surface area is 168 Å². The van der Waals surface area contributed by atoms with Crippen molar-refractivity contribution in [3.05, 3.63) is 48.0 Å². The minimum atomic E-state index is -0.292. The zero-order chi connectivity index (χ0) is 20.1. The van der Waals surface area contributed by atoms with Crippen LogP contribution in [0.25, 0.3) is 22.2 Å². The first-order valence-electron chi connectivity index (χ1n) is 10.1. The van der Waals surface area contributed by atoms with E-state index in [2.05, 4.69) is 16.0 Å². The summed E-state index contributed by atoms with van der Waals surface area (Å²) in [7, 11) is 1.60. The first-order chi connectivity index (χ1) is 14.0. The molecule has 1 aliphatic heterocycles. The smallest absolute Gasteiger partial charge is 0.219 e. The third-order valence-corrected chi connectivity index (χ3v) is 6.64. The average molecular weight is 393 g/mol. The Morgan fingerprint density at radius 3 is 2.62 bits per heavy atom. The van der Waals surface area contributed by atoms with Crippen LogP contribution >= 0.6 is 0 Å². The fourth-order valence-electron chi connectivity index (χ4n) is 5.20. The van der Waals surface area contributed by atoms with E-state index in [4.69, 9.17) is 4.74 Å². The summed E-state index contributed by atoms with van der Waals surface area (Å²) in [6, 6.07) is 8.65. The van der Waals surface area contributed by atoms with Crippen molar-refractivity contribution in [2.75, 3.05) is 20.2 Å². The largest absolute Gasteiger partial charge is 0.496 e. The molecule has 1 saturated carbocycles. The number of nitrogens with zero attached hydrogens (tertiary/aromatic N) is 2. The van der Waals surface area contributed by atoms with E-state index in [1.165, 1.54) is 17.8 Å². The lowest BCUT2D eigenvalue weighted by Gasteiger charge is -2.16. The number of likely N-dealkylation sites (tertiary alicyclic amines) is 1. The second-order valence-corrected chi connectivity index (χ2v) is 8.30. The summed E-state index contributed by atoms with van der Waals surface area (Å²) >= 11 is 0. The number of fused-ring (bicyclic) bond motifs is 2. The van der Waals surface area contributed by atoms with E-state index in [9.17, 15) is 9.18 Å². The molecule has 2 aromatic heterocycles.